The predicted octanol–water partition coefficient (Wildman–Crippen LogP) is 1.35. The molecule has 122 valence electrons. The van der Waals surface area contributed by atoms with Crippen molar-refractivity contribution in [2.75, 3.05) is 13.1 Å². The largest absolute Gasteiger partial charge is 0.449 e. The average molecular weight is 342 g/mol. The number of esters is 1. The van der Waals surface area contributed by atoms with Crippen LogP contribution >= 0.6 is 11.6 Å². The zero-order chi connectivity index (χ0) is 17.1. The zero-order valence-corrected chi connectivity index (χ0v) is 12.7. The van der Waals surface area contributed by atoms with Gasteiger partial charge in [0.25, 0.3) is 11.6 Å². The van der Waals surface area contributed by atoms with Gasteiger partial charge >= 0.3 is 12.0 Å². The third-order valence-corrected chi connectivity index (χ3v) is 3.37. The molecule has 1 saturated heterocycles. The standard InChI is InChI=1S/C13H12ClN3O6/c1-7(11(18)16-5-4-15-13(16)20)23-12(19)9-3-2-8(14)6-10(9)17(21)22/h2-3,6-7H,4-5H2,1H3,(H,15,20)/t7-/m0/s1. The highest BCUT2D eigenvalue weighted by Gasteiger charge is 2.33. The van der Waals surface area contributed by atoms with Crippen molar-refractivity contribution < 1.29 is 24.0 Å². The minimum Gasteiger partial charge on any atom is -0.449 e. The van der Waals surface area contributed by atoms with Crippen LogP contribution < -0.4 is 5.32 Å². The number of amides is 3. The van der Waals surface area contributed by atoms with Gasteiger partial charge in [-0.15, -0.1) is 0 Å². The predicted molar refractivity (Wildman–Crippen MR) is 78.1 cm³/mol. The van der Waals surface area contributed by atoms with E-state index in [0.717, 1.165) is 17.0 Å². The molecule has 1 N–H and O–H groups in total. The fourth-order valence-electron chi connectivity index (χ4n) is 2.00. The second kappa shape index (κ2) is 6.61. The Morgan fingerprint density at radius 1 is 1.48 bits per heavy atom. The van der Waals surface area contributed by atoms with E-state index in [9.17, 15) is 24.5 Å². The van der Waals surface area contributed by atoms with Gasteiger partial charge in [0.2, 0.25) is 0 Å². The molecule has 3 amide bonds. The van der Waals surface area contributed by atoms with E-state index >= 15 is 0 Å². The molecular formula is C13H12ClN3O6. The Hall–Kier alpha value is -2.68. The van der Waals surface area contributed by atoms with Crippen LogP contribution in [0.3, 0.4) is 0 Å². The van der Waals surface area contributed by atoms with E-state index in [2.05, 4.69) is 5.32 Å². The molecule has 1 aliphatic heterocycles. The molecule has 1 aromatic carbocycles. The van der Waals surface area contributed by atoms with Crippen LogP contribution in [0.5, 0.6) is 0 Å². The molecule has 2 rings (SSSR count). The van der Waals surface area contributed by atoms with Gasteiger partial charge in [-0.3, -0.25) is 19.8 Å². The molecule has 1 aromatic rings. The van der Waals surface area contributed by atoms with Crippen LogP contribution in [0.15, 0.2) is 18.2 Å². The molecule has 0 radical (unpaired) electrons. The summed E-state index contributed by atoms with van der Waals surface area (Å²) < 4.78 is 4.93. The molecule has 1 fully saturated rings. The minimum absolute atomic E-state index is 0.0890. The summed E-state index contributed by atoms with van der Waals surface area (Å²) in [7, 11) is 0. The van der Waals surface area contributed by atoms with Gasteiger partial charge in [-0.25, -0.2) is 9.59 Å². The summed E-state index contributed by atoms with van der Waals surface area (Å²) in [5.41, 5.74) is -0.856. The van der Waals surface area contributed by atoms with E-state index in [-0.39, 0.29) is 17.1 Å². The minimum atomic E-state index is -1.26. The lowest BCUT2D eigenvalue weighted by Crippen LogP contribution is -2.41. The maximum atomic E-state index is 12.1. The molecule has 1 aliphatic rings. The number of rotatable bonds is 4. The molecule has 1 atom stereocenters. The second-order valence-electron chi connectivity index (χ2n) is 4.69. The van der Waals surface area contributed by atoms with Crippen molar-refractivity contribution in [2.24, 2.45) is 0 Å². The molecule has 0 aromatic heterocycles. The van der Waals surface area contributed by atoms with Crippen molar-refractivity contribution >= 4 is 35.2 Å². The summed E-state index contributed by atoms with van der Waals surface area (Å²) in [6.45, 7) is 1.77. The molecule has 10 heteroatoms. The average Bonchev–Trinajstić information content (AvgIpc) is 2.92. The summed E-state index contributed by atoms with van der Waals surface area (Å²) >= 11 is 5.66. The maximum Gasteiger partial charge on any atom is 0.345 e. The van der Waals surface area contributed by atoms with Crippen LogP contribution in [0, 0.1) is 10.1 Å². The molecule has 9 nitrogen and oxygen atoms in total. The normalized spacial score (nSPS) is 15.0. The molecule has 1 heterocycles. The van der Waals surface area contributed by atoms with E-state index in [1.165, 1.54) is 13.0 Å². The van der Waals surface area contributed by atoms with Gasteiger partial charge in [0, 0.05) is 24.2 Å². The number of nitrogens with one attached hydrogen (secondary N) is 1. The van der Waals surface area contributed by atoms with E-state index in [1.807, 2.05) is 0 Å². The smallest absolute Gasteiger partial charge is 0.345 e. The Bertz CT molecular complexity index is 692. The molecular weight excluding hydrogens is 330 g/mol. The van der Waals surface area contributed by atoms with E-state index in [0.29, 0.717) is 6.54 Å². The third-order valence-electron chi connectivity index (χ3n) is 3.13. The molecule has 0 spiro atoms. The van der Waals surface area contributed by atoms with Crippen molar-refractivity contribution in [1.29, 1.82) is 0 Å². The Kier molecular flexibility index (Phi) is 4.80. The lowest BCUT2D eigenvalue weighted by Gasteiger charge is -2.18. The number of halogens is 1. The van der Waals surface area contributed by atoms with Gasteiger partial charge in [-0.1, -0.05) is 11.6 Å². The van der Waals surface area contributed by atoms with Gasteiger partial charge in [-0.05, 0) is 19.1 Å². The number of urea groups is 1. The number of hydrogen-bond acceptors (Lipinski definition) is 6. The quantitative estimate of drug-likeness (QED) is 0.501. The highest BCUT2D eigenvalue weighted by molar-refractivity contribution is 6.31. The SMILES string of the molecule is C[C@H](OC(=O)c1ccc(Cl)cc1[N+](=O)[O-])C(=O)N1CCNC1=O. The highest BCUT2D eigenvalue weighted by atomic mass is 35.5. The molecule has 0 saturated carbocycles. The first kappa shape index (κ1) is 16.7. The Labute approximate surface area is 135 Å². The fourth-order valence-corrected chi connectivity index (χ4v) is 2.17. The zero-order valence-electron chi connectivity index (χ0n) is 11.9. The molecule has 23 heavy (non-hydrogen) atoms. The van der Waals surface area contributed by atoms with Gasteiger partial charge < -0.3 is 10.1 Å². The van der Waals surface area contributed by atoms with E-state index in [1.54, 1.807) is 0 Å². The molecule has 0 unspecified atom stereocenters. The van der Waals surface area contributed by atoms with E-state index < -0.39 is 34.6 Å². The number of benzene rings is 1. The van der Waals surface area contributed by atoms with Crippen molar-refractivity contribution in [2.45, 2.75) is 13.0 Å². The van der Waals surface area contributed by atoms with Gasteiger partial charge in [0.15, 0.2) is 6.10 Å². The Morgan fingerprint density at radius 3 is 2.74 bits per heavy atom. The first-order chi connectivity index (χ1) is 10.8. The Balaban J connectivity index is 2.14. The lowest BCUT2D eigenvalue weighted by molar-refractivity contribution is -0.385. The fraction of sp³-hybridized carbons (Fsp3) is 0.308. The number of imide groups is 1. The van der Waals surface area contributed by atoms with Crippen LogP contribution in [-0.4, -0.2) is 46.9 Å². The van der Waals surface area contributed by atoms with Gasteiger partial charge in [0.1, 0.15) is 5.56 Å². The van der Waals surface area contributed by atoms with Gasteiger partial charge in [0.05, 0.1) is 4.92 Å². The van der Waals surface area contributed by atoms with Crippen molar-refractivity contribution in [3.8, 4) is 0 Å². The first-order valence-electron chi connectivity index (χ1n) is 6.55. The van der Waals surface area contributed by atoms with Gasteiger partial charge in [-0.2, -0.15) is 0 Å². The van der Waals surface area contributed by atoms with Crippen LogP contribution in [-0.2, 0) is 9.53 Å². The first-order valence-corrected chi connectivity index (χ1v) is 6.93. The van der Waals surface area contributed by atoms with Crippen molar-refractivity contribution in [1.82, 2.24) is 10.2 Å². The summed E-state index contributed by atoms with van der Waals surface area (Å²) in [4.78, 5) is 46.6. The third kappa shape index (κ3) is 3.57. The van der Waals surface area contributed by atoms with Crippen LogP contribution in [0.1, 0.15) is 17.3 Å². The number of hydrogen-bond donors (Lipinski definition) is 1. The van der Waals surface area contributed by atoms with Crippen LogP contribution in [0.4, 0.5) is 10.5 Å². The number of carbonyl (C=O) groups is 3. The number of nitro benzene ring substituents is 1. The summed E-state index contributed by atoms with van der Waals surface area (Å²) in [5.74, 6) is -1.75. The lowest BCUT2D eigenvalue weighted by atomic mass is 10.2. The van der Waals surface area contributed by atoms with Crippen LogP contribution in [0.25, 0.3) is 0 Å². The van der Waals surface area contributed by atoms with E-state index in [4.69, 9.17) is 16.3 Å². The highest BCUT2D eigenvalue weighted by Crippen LogP contribution is 2.24. The van der Waals surface area contributed by atoms with Crippen LogP contribution in [0.2, 0.25) is 5.02 Å². The topological polar surface area (TPSA) is 119 Å². The maximum absolute atomic E-state index is 12.1. The molecule has 0 bridgehead atoms. The monoisotopic (exact) mass is 341 g/mol. The number of carbonyl (C=O) groups excluding carboxylic acids is 3. The van der Waals surface area contributed by atoms with Crippen molar-refractivity contribution in [3.05, 3.63) is 38.9 Å². The summed E-state index contributed by atoms with van der Waals surface area (Å²) in [6.07, 6.45) is -1.26. The van der Waals surface area contributed by atoms with Crippen molar-refractivity contribution in [3.63, 3.8) is 0 Å². The molecule has 0 aliphatic carbocycles. The second-order valence-corrected chi connectivity index (χ2v) is 5.12. The Morgan fingerprint density at radius 2 is 2.17 bits per heavy atom. The summed E-state index contributed by atoms with van der Waals surface area (Å²) in [5, 5.41) is 13.5. The summed E-state index contributed by atoms with van der Waals surface area (Å²) in [6, 6.07) is 2.88. The number of nitrogens with zero attached hydrogens (tertiary/aromatic N) is 2. The number of nitro groups is 1. The number of ether oxygens (including phenoxy) is 1.